The van der Waals surface area contributed by atoms with Crippen molar-refractivity contribution in [2.75, 3.05) is 49.9 Å². The van der Waals surface area contributed by atoms with Crippen LogP contribution in [0.15, 0.2) is 54.1 Å². The van der Waals surface area contributed by atoms with Crippen LogP contribution in [-0.4, -0.2) is 140 Å². The lowest BCUT2D eigenvalue weighted by atomic mass is 9.55. The van der Waals surface area contributed by atoms with Crippen LogP contribution in [0.2, 0.25) is 5.02 Å². The number of urea groups is 1. The van der Waals surface area contributed by atoms with Gasteiger partial charge in [-0.1, -0.05) is 117 Å². The van der Waals surface area contributed by atoms with E-state index in [-0.39, 0.29) is 77.4 Å². The summed E-state index contributed by atoms with van der Waals surface area (Å²) in [6, 6.07) is 5.26. The van der Waals surface area contributed by atoms with E-state index in [0.717, 1.165) is 68.9 Å². The number of rotatable bonds is 27. The van der Waals surface area contributed by atoms with Crippen LogP contribution < -0.4 is 52.6 Å². The minimum Gasteiger partial charge on any atom is -0.495 e. The van der Waals surface area contributed by atoms with Crippen LogP contribution in [-0.2, 0) is 44.6 Å². The number of hydrogen-bond donors (Lipinski definition) is 10. The third-order valence-corrected chi connectivity index (χ3v) is 23.0. The summed E-state index contributed by atoms with van der Waals surface area (Å²) in [7, 11) is 4.38. The fraction of sp³-hybridized carbons (Fsp3) is 0.671. The molecule has 8 amide bonds. The standard InChI is InChI=1S/C73H110ClN9O14/c1-15-30-69-31-29-55(67(9,10)16-2)71(69,17-3)42-70(41-69,43-84)77-33-20-18-19-26-58(85)81-61(44(4)5)63(88)80-51(24-22-32-76-64(75)89)62(87)79-50-28-27-49(35-46(50)7)78-65(90)97-57-38-59(86)83(12)52-36-48(37-53(94-13)60(52)74)34-45(6)23-21-25-56(95-14)73(93)39-54(96-66(91)82-73)47(8)72(92)40-68(57,72)11/h21,23,25,27-28,35-37,43-44,47,51,54-57,61,77,92-93H,15-20,22,24,26,29-34,38-42H2,1-14H3,(H,78,90)(H,79,87)(H,80,88)(H,81,85)(H,82,91)(H3,75,76,89)/b25-21+,45-23+/t47-,51+,54+,55?,56-,57+,61+,68+,69?,70?,71?,72-,73+/m1/s1. The highest BCUT2D eigenvalue weighted by Gasteiger charge is 2.73. The number of nitrogens with zero attached hydrogens (tertiary/aromatic N) is 1. The molecule has 13 atom stereocenters. The number of halogens is 1. The Morgan fingerprint density at radius 3 is 2.33 bits per heavy atom. The van der Waals surface area contributed by atoms with Crippen LogP contribution in [0.4, 0.5) is 31.4 Å². The number of allylic oxidation sites excluding steroid dienone is 3. The summed E-state index contributed by atoms with van der Waals surface area (Å²) in [5, 5.41) is 44.9. The quantitative estimate of drug-likeness (QED) is 0.0294. The van der Waals surface area contributed by atoms with E-state index in [9.17, 15) is 48.6 Å². The van der Waals surface area contributed by atoms with Crippen LogP contribution in [0.3, 0.4) is 0 Å². The van der Waals surface area contributed by atoms with Crippen molar-refractivity contribution in [1.29, 1.82) is 0 Å². The molecule has 2 aromatic rings. The minimum absolute atomic E-state index is 0.0101. The molecule has 0 radical (unpaired) electrons. The Bertz CT molecular complexity index is 3270. The number of primary amides is 1. The Morgan fingerprint density at radius 1 is 0.959 bits per heavy atom. The summed E-state index contributed by atoms with van der Waals surface area (Å²) in [6.45, 7) is 22.9. The zero-order chi connectivity index (χ0) is 71.6. The van der Waals surface area contributed by atoms with Crippen LogP contribution in [0.5, 0.6) is 5.75 Å². The predicted molar refractivity (Wildman–Crippen MR) is 374 cm³/mol. The molecule has 3 aliphatic carbocycles. The van der Waals surface area contributed by atoms with Crippen molar-refractivity contribution >= 4 is 76.8 Å². The van der Waals surface area contributed by atoms with Gasteiger partial charge in [0, 0.05) is 56.3 Å². The van der Waals surface area contributed by atoms with E-state index < -0.39 is 101 Å². The van der Waals surface area contributed by atoms with Crippen molar-refractivity contribution in [3.05, 3.63) is 70.3 Å². The SMILES string of the molecule is CCCC12CCC(C(C)(C)CC)C1(CC)CC(C=O)(NCCCCCC(=O)N[C@H](C(=O)N[C@@H](CCCNC(N)=O)C(=O)Nc1ccc(NC(=O)O[C@H]3CC(=O)N(C)c4cc(cc(OC)c4Cl)C/C(C)=C/C=C/[C@@H](OC)[C@@]4(O)C[C@H](OC(=O)N4)[C@@H](C)[C@]4(O)C[C@@]34C)cc1C)C(C)C)C2. The number of unbranched alkanes of at least 4 members (excludes halogenated alkanes) is 2. The molecule has 2 aliphatic heterocycles. The molecule has 23 nitrogen and oxygen atoms in total. The smallest absolute Gasteiger partial charge is 0.411 e. The molecule has 7 rings (SSSR count). The monoisotopic (exact) mass is 1370 g/mol. The second-order valence-corrected chi connectivity index (χ2v) is 30.1. The first-order chi connectivity index (χ1) is 45.7. The molecule has 4 bridgehead atoms. The Balaban J connectivity index is 1.00. The van der Waals surface area contributed by atoms with Gasteiger partial charge in [0.25, 0.3) is 0 Å². The summed E-state index contributed by atoms with van der Waals surface area (Å²) < 4.78 is 23.2. The van der Waals surface area contributed by atoms with Crippen LogP contribution in [0, 0.1) is 46.3 Å². The van der Waals surface area contributed by atoms with Gasteiger partial charge in [-0.15, -0.1) is 0 Å². The molecule has 4 fully saturated rings. The van der Waals surface area contributed by atoms with E-state index >= 15 is 0 Å². The highest BCUT2D eigenvalue weighted by Crippen LogP contribution is 2.74. The van der Waals surface area contributed by atoms with Crippen LogP contribution in [0.1, 0.15) is 190 Å². The largest absolute Gasteiger partial charge is 0.495 e. The number of benzene rings is 2. The number of amides is 8. The van der Waals surface area contributed by atoms with E-state index in [0.29, 0.717) is 48.0 Å². The first-order valence-corrected chi connectivity index (χ1v) is 35.2. The van der Waals surface area contributed by atoms with Crippen molar-refractivity contribution in [2.24, 2.45) is 45.1 Å². The second-order valence-electron chi connectivity index (χ2n) is 29.7. The maximum Gasteiger partial charge on any atom is 0.411 e. The van der Waals surface area contributed by atoms with Crippen LogP contribution in [0.25, 0.3) is 0 Å². The van der Waals surface area contributed by atoms with Crippen molar-refractivity contribution in [3.8, 4) is 5.75 Å². The topological polar surface area (TPSA) is 327 Å². The number of methoxy groups -OCH3 is 2. The number of ether oxygens (including phenoxy) is 4. The Hall–Kier alpha value is -6.79. The van der Waals surface area contributed by atoms with Crippen molar-refractivity contribution in [3.63, 3.8) is 0 Å². The van der Waals surface area contributed by atoms with Crippen molar-refractivity contribution < 1.29 is 67.5 Å². The number of fused-ring (bicyclic) bond motifs is 6. The van der Waals surface area contributed by atoms with Gasteiger partial charge in [0.05, 0.1) is 30.4 Å². The van der Waals surface area contributed by atoms with Gasteiger partial charge in [0.2, 0.25) is 23.6 Å². The minimum atomic E-state index is -1.97. The van der Waals surface area contributed by atoms with Gasteiger partial charge in [-0.3, -0.25) is 29.8 Å². The van der Waals surface area contributed by atoms with Gasteiger partial charge in [-0.05, 0) is 167 Å². The summed E-state index contributed by atoms with van der Waals surface area (Å²) in [5.74, 6) is -2.41. The zero-order valence-electron chi connectivity index (χ0n) is 59.7. The lowest BCUT2D eigenvalue weighted by Crippen LogP contribution is -2.64. The highest BCUT2D eigenvalue weighted by atomic mass is 35.5. The number of carbonyl (C=O) groups is 8. The lowest BCUT2D eigenvalue weighted by Gasteiger charge is -2.49. The molecule has 24 heteroatoms. The second kappa shape index (κ2) is 32.0. The Morgan fingerprint density at radius 2 is 1.69 bits per heavy atom. The van der Waals surface area contributed by atoms with Crippen molar-refractivity contribution in [1.82, 2.24) is 26.6 Å². The van der Waals surface area contributed by atoms with Gasteiger partial charge < -0.3 is 71.2 Å². The van der Waals surface area contributed by atoms with Gasteiger partial charge in [-0.25, -0.2) is 14.4 Å². The fourth-order valence-electron chi connectivity index (χ4n) is 16.8. The van der Waals surface area contributed by atoms with Gasteiger partial charge in [-0.2, -0.15) is 0 Å². The number of carbonyl (C=O) groups excluding carboxylic acids is 8. The number of aryl methyl sites for hydroxylation is 1. The molecule has 97 heavy (non-hydrogen) atoms. The Kier molecular flexibility index (Phi) is 25.6. The summed E-state index contributed by atoms with van der Waals surface area (Å²) in [4.78, 5) is 110. The number of nitrogens with two attached hydrogens (primary N) is 1. The molecule has 5 aliphatic rings. The molecule has 0 spiro atoms. The highest BCUT2D eigenvalue weighted by molar-refractivity contribution is 6.35. The maximum absolute atomic E-state index is 14.6. The molecule has 4 unspecified atom stereocenters. The molecular weight excluding hydrogens is 1260 g/mol. The average molecular weight is 1370 g/mol. The third kappa shape index (κ3) is 17.3. The van der Waals surface area contributed by atoms with E-state index in [2.05, 4.69) is 71.8 Å². The van der Waals surface area contributed by atoms with E-state index in [1.165, 1.54) is 44.9 Å². The molecule has 2 heterocycles. The van der Waals surface area contributed by atoms with Gasteiger partial charge in [0.1, 0.15) is 47.5 Å². The van der Waals surface area contributed by atoms with Gasteiger partial charge in [0.15, 0.2) is 5.72 Å². The molecule has 11 N–H and O–H groups in total. The Labute approximate surface area is 578 Å². The van der Waals surface area contributed by atoms with Crippen LogP contribution >= 0.6 is 11.6 Å². The first kappa shape index (κ1) is 77.6. The predicted octanol–water partition coefficient (Wildman–Crippen LogP) is 10.6. The summed E-state index contributed by atoms with van der Waals surface area (Å²) in [6.07, 6.45) is 11.7. The number of aliphatic hydroxyl groups is 2. The lowest BCUT2D eigenvalue weighted by molar-refractivity contribution is -0.154. The normalized spacial score (nSPS) is 30.2. The number of aldehydes is 1. The number of nitrogens with one attached hydrogen (secondary N) is 7. The van der Waals surface area contributed by atoms with E-state index in [1.54, 1.807) is 71.0 Å². The molecule has 2 aromatic carbocycles. The molecular formula is C73H110ClN9O14. The third-order valence-electron chi connectivity index (χ3n) is 22.6. The summed E-state index contributed by atoms with van der Waals surface area (Å²) in [5.41, 5.74) is 3.12. The molecule has 538 valence electrons. The summed E-state index contributed by atoms with van der Waals surface area (Å²) >= 11 is 6.88. The first-order valence-electron chi connectivity index (χ1n) is 34.9. The van der Waals surface area contributed by atoms with Gasteiger partial charge >= 0.3 is 18.2 Å². The number of hydrogen-bond acceptors (Lipinski definition) is 15. The van der Waals surface area contributed by atoms with Crippen molar-refractivity contribution in [2.45, 2.75) is 239 Å². The average Bonchev–Trinajstić information content (AvgIpc) is 1.54. The zero-order valence-corrected chi connectivity index (χ0v) is 60.4. The van der Waals surface area contributed by atoms with E-state index in [1.807, 2.05) is 13.0 Å². The number of alkyl carbamates (subject to hydrolysis) is 1. The molecule has 0 aromatic heterocycles. The maximum atomic E-state index is 14.6. The number of anilines is 3. The van der Waals surface area contributed by atoms with E-state index in [4.69, 9.17) is 36.3 Å². The molecule has 1 saturated heterocycles. The molecule has 3 saturated carbocycles. The fourth-order valence-corrected chi connectivity index (χ4v) is 17.1.